The van der Waals surface area contributed by atoms with Gasteiger partial charge in [-0.05, 0) is 38.3 Å². The molecule has 1 saturated heterocycles. The van der Waals surface area contributed by atoms with Gasteiger partial charge in [0.2, 0.25) is 0 Å². The topological polar surface area (TPSA) is 39.7 Å². The molecule has 2 rings (SSSR count). The van der Waals surface area contributed by atoms with Gasteiger partial charge in [-0.3, -0.25) is 9.89 Å². The second kappa shape index (κ2) is 10.4. The summed E-state index contributed by atoms with van der Waals surface area (Å²) >= 11 is 0. The molecule has 0 aliphatic carbocycles. The molecule has 1 aliphatic heterocycles. The number of guanidine groups is 1. The van der Waals surface area contributed by atoms with Crippen LogP contribution in [0.5, 0.6) is 0 Å². The van der Waals surface area contributed by atoms with Crippen LogP contribution in [0.3, 0.4) is 0 Å². The molecule has 0 aromatic heterocycles. The smallest absolute Gasteiger partial charge is 0.191 e. The molecule has 0 spiro atoms. The number of benzene rings is 1. The van der Waals surface area contributed by atoms with Gasteiger partial charge >= 0.3 is 0 Å². The first kappa shape index (κ1) is 21.4. The van der Waals surface area contributed by atoms with Crippen LogP contribution in [0.4, 0.5) is 8.78 Å². The molecule has 0 bridgehead atoms. The van der Waals surface area contributed by atoms with Crippen LogP contribution in [0, 0.1) is 11.6 Å². The van der Waals surface area contributed by atoms with E-state index in [1.165, 1.54) is 17.7 Å². The van der Waals surface area contributed by atoms with Gasteiger partial charge in [0.15, 0.2) is 5.96 Å². The maximum Gasteiger partial charge on any atom is 0.191 e. The Bertz CT molecular complexity index is 652. The summed E-state index contributed by atoms with van der Waals surface area (Å²) in [7, 11) is 0. The molecule has 6 heteroatoms. The van der Waals surface area contributed by atoms with Crippen molar-refractivity contribution in [2.24, 2.45) is 4.99 Å². The molecular weight excluding hydrogens is 346 g/mol. The fourth-order valence-electron chi connectivity index (χ4n) is 3.36. The SMILES string of the molecule is C=C(C)CN1CCC(NC(=NCC(C)c2ccc(F)cc2F)NCC)CC1. The van der Waals surface area contributed by atoms with Gasteiger partial charge in [0.05, 0.1) is 0 Å². The molecule has 0 saturated carbocycles. The average molecular weight is 379 g/mol. The van der Waals surface area contributed by atoms with Gasteiger partial charge in [0.1, 0.15) is 11.6 Å². The maximum atomic E-state index is 13.9. The highest BCUT2D eigenvalue weighted by atomic mass is 19.1. The normalized spacial score (nSPS) is 17.6. The molecular formula is C21H32F2N4. The Hall–Kier alpha value is -1.95. The van der Waals surface area contributed by atoms with E-state index in [9.17, 15) is 8.78 Å². The molecule has 1 aliphatic rings. The predicted molar refractivity (Wildman–Crippen MR) is 108 cm³/mol. The lowest BCUT2D eigenvalue weighted by molar-refractivity contribution is 0.221. The number of rotatable bonds is 7. The summed E-state index contributed by atoms with van der Waals surface area (Å²) < 4.78 is 27.0. The Balaban J connectivity index is 1.91. The lowest BCUT2D eigenvalue weighted by Gasteiger charge is -2.33. The molecule has 0 amide bonds. The number of nitrogens with zero attached hydrogens (tertiary/aromatic N) is 2. The van der Waals surface area contributed by atoms with Crippen molar-refractivity contribution < 1.29 is 8.78 Å². The summed E-state index contributed by atoms with van der Waals surface area (Å²) in [6.45, 7) is 14.2. The minimum Gasteiger partial charge on any atom is -0.357 e. The van der Waals surface area contributed by atoms with E-state index in [1.807, 2.05) is 13.8 Å². The number of halogens is 2. The number of hydrogen-bond acceptors (Lipinski definition) is 2. The molecule has 1 fully saturated rings. The first-order chi connectivity index (χ1) is 12.9. The zero-order chi connectivity index (χ0) is 19.8. The van der Waals surface area contributed by atoms with Crippen molar-refractivity contribution in [2.45, 2.75) is 45.6 Å². The third-order valence-electron chi connectivity index (χ3n) is 4.78. The summed E-state index contributed by atoms with van der Waals surface area (Å²) in [5.41, 5.74) is 1.68. The summed E-state index contributed by atoms with van der Waals surface area (Å²) in [6.07, 6.45) is 2.11. The number of hydrogen-bond donors (Lipinski definition) is 2. The van der Waals surface area contributed by atoms with Crippen LogP contribution in [0.25, 0.3) is 0 Å². The summed E-state index contributed by atoms with van der Waals surface area (Å²) in [6, 6.07) is 4.10. The van der Waals surface area contributed by atoms with Gasteiger partial charge in [-0.25, -0.2) is 8.78 Å². The Kier molecular flexibility index (Phi) is 8.23. The lowest BCUT2D eigenvalue weighted by Crippen LogP contribution is -2.49. The standard InChI is InChI=1S/C21H32F2N4/c1-5-24-21(26-18-8-10-27(11-9-18)14-15(2)3)25-13-16(4)19-7-6-17(22)12-20(19)23/h6-7,12,16,18H,2,5,8-11,13-14H2,1,3-4H3,(H2,24,25,26). The van der Waals surface area contributed by atoms with E-state index in [4.69, 9.17) is 0 Å². The largest absolute Gasteiger partial charge is 0.357 e. The van der Waals surface area contributed by atoms with Crippen LogP contribution in [-0.2, 0) is 0 Å². The Labute approximate surface area is 161 Å². The highest BCUT2D eigenvalue weighted by molar-refractivity contribution is 5.80. The third kappa shape index (κ3) is 6.94. The van der Waals surface area contributed by atoms with Crippen LogP contribution < -0.4 is 10.6 Å². The van der Waals surface area contributed by atoms with Crippen molar-refractivity contribution in [1.82, 2.24) is 15.5 Å². The average Bonchev–Trinajstić information content (AvgIpc) is 2.61. The monoisotopic (exact) mass is 378 g/mol. The zero-order valence-corrected chi connectivity index (χ0v) is 16.7. The van der Waals surface area contributed by atoms with E-state index in [0.717, 1.165) is 51.0 Å². The molecule has 27 heavy (non-hydrogen) atoms. The number of piperidine rings is 1. The van der Waals surface area contributed by atoms with E-state index >= 15 is 0 Å². The Morgan fingerprint density at radius 3 is 2.63 bits per heavy atom. The molecule has 1 heterocycles. The van der Waals surface area contributed by atoms with E-state index in [2.05, 4.69) is 34.0 Å². The van der Waals surface area contributed by atoms with E-state index in [0.29, 0.717) is 18.2 Å². The quantitative estimate of drug-likeness (QED) is 0.432. The molecule has 1 aromatic carbocycles. The van der Waals surface area contributed by atoms with Gasteiger partial charge in [0, 0.05) is 50.7 Å². The van der Waals surface area contributed by atoms with Crippen LogP contribution in [-0.4, -0.2) is 49.6 Å². The molecule has 150 valence electrons. The molecule has 1 atom stereocenters. The van der Waals surface area contributed by atoms with Crippen LogP contribution in [0.15, 0.2) is 35.3 Å². The predicted octanol–water partition coefficient (Wildman–Crippen LogP) is 3.66. The van der Waals surface area contributed by atoms with E-state index < -0.39 is 11.6 Å². The zero-order valence-electron chi connectivity index (χ0n) is 16.7. The van der Waals surface area contributed by atoms with Crippen molar-refractivity contribution in [3.8, 4) is 0 Å². The van der Waals surface area contributed by atoms with Crippen LogP contribution in [0.2, 0.25) is 0 Å². The van der Waals surface area contributed by atoms with Crippen LogP contribution >= 0.6 is 0 Å². The van der Waals surface area contributed by atoms with Gasteiger partial charge < -0.3 is 10.6 Å². The first-order valence-corrected chi connectivity index (χ1v) is 9.75. The minimum absolute atomic E-state index is 0.126. The number of aliphatic imine (C=N–C) groups is 1. The van der Waals surface area contributed by atoms with E-state index in [-0.39, 0.29) is 5.92 Å². The van der Waals surface area contributed by atoms with Crippen molar-refractivity contribution in [2.75, 3.05) is 32.7 Å². The van der Waals surface area contributed by atoms with Crippen molar-refractivity contribution >= 4 is 5.96 Å². The second-order valence-corrected chi connectivity index (χ2v) is 7.44. The fourth-order valence-corrected chi connectivity index (χ4v) is 3.36. The lowest BCUT2D eigenvalue weighted by atomic mass is 10.0. The van der Waals surface area contributed by atoms with Crippen LogP contribution in [0.1, 0.15) is 45.1 Å². The molecule has 1 unspecified atom stereocenters. The van der Waals surface area contributed by atoms with Crippen molar-refractivity contribution in [1.29, 1.82) is 0 Å². The van der Waals surface area contributed by atoms with Gasteiger partial charge in [-0.2, -0.15) is 0 Å². The van der Waals surface area contributed by atoms with Gasteiger partial charge in [0.25, 0.3) is 0 Å². The molecule has 2 N–H and O–H groups in total. The van der Waals surface area contributed by atoms with Crippen molar-refractivity contribution in [3.05, 3.63) is 47.5 Å². The van der Waals surface area contributed by atoms with Crippen molar-refractivity contribution in [3.63, 3.8) is 0 Å². The third-order valence-corrected chi connectivity index (χ3v) is 4.78. The van der Waals surface area contributed by atoms with E-state index in [1.54, 1.807) is 0 Å². The molecule has 0 radical (unpaired) electrons. The fraction of sp³-hybridized carbons (Fsp3) is 0.571. The van der Waals surface area contributed by atoms with Gasteiger partial charge in [-0.1, -0.05) is 25.1 Å². The second-order valence-electron chi connectivity index (χ2n) is 7.44. The highest BCUT2D eigenvalue weighted by Crippen LogP contribution is 2.20. The summed E-state index contributed by atoms with van der Waals surface area (Å²) in [5.74, 6) is -0.441. The molecule has 4 nitrogen and oxygen atoms in total. The number of likely N-dealkylation sites (tertiary alicyclic amines) is 1. The van der Waals surface area contributed by atoms with Gasteiger partial charge in [-0.15, -0.1) is 0 Å². The first-order valence-electron chi connectivity index (χ1n) is 9.75. The summed E-state index contributed by atoms with van der Waals surface area (Å²) in [4.78, 5) is 7.04. The highest BCUT2D eigenvalue weighted by Gasteiger charge is 2.20. The molecule has 1 aromatic rings. The Morgan fingerprint density at radius 2 is 2.04 bits per heavy atom. The number of nitrogens with one attached hydrogen (secondary N) is 2. The summed E-state index contributed by atoms with van der Waals surface area (Å²) in [5, 5.41) is 6.76. The minimum atomic E-state index is -0.556. The Morgan fingerprint density at radius 1 is 1.33 bits per heavy atom. The maximum absolute atomic E-state index is 13.9.